The maximum absolute atomic E-state index is 13.4. The predicted octanol–water partition coefficient (Wildman–Crippen LogP) is 8.07. The maximum Gasteiger partial charge on any atom is 0.338 e. The number of carbonyl (C=O) groups is 1. The number of rotatable bonds is 12. The van der Waals surface area contributed by atoms with E-state index >= 15 is 0 Å². The van der Waals surface area contributed by atoms with Gasteiger partial charge in [0.25, 0.3) is 0 Å². The molecule has 0 spiro atoms. The lowest BCUT2D eigenvalue weighted by Crippen LogP contribution is -2.30. The van der Waals surface area contributed by atoms with Crippen molar-refractivity contribution in [2.24, 2.45) is 0 Å². The van der Waals surface area contributed by atoms with Crippen LogP contribution in [-0.4, -0.2) is 39.7 Å². The van der Waals surface area contributed by atoms with E-state index in [1.807, 2.05) is 39.0 Å². The molecule has 0 bridgehead atoms. The molecule has 8 nitrogen and oxygen atoms in total. The van der Waals surface area contributed by atoms with Gasteiger partial charge in [0.2, 0.25) is 11.1 Å². The summed E-state index contributed by atoms with van der Waals surface area (Å²) in [6.07, 6.45) is 1.71. The Morgan fingerprint density at radius 2 is 1.98 bits per heavy atom. The number of anilines is 1. The summed E-state index contributed by atoms with van der Waals surface area (Å²) in [4.78, 5) is 18.1. The van der Waals surface area contributed by atoms with Gasteiger partial charge in [-0.1, -0.05) is 61.3 Å². The summed E-state index contributed by atoms with van der Waals surface area (Å²) < 4.78 is 20.2. The summed E-state index contributed by atoms with van der Waals surface area (Å²) >= 11 is 17.6. The second kappa shape index (κ2) is 14.0. The van der Waals surface area contributed by atoms with Crippen LogP contribution in [0, 0.1) is 0 Å². The molecule has 0 saturated heterocycles. The molecule has 1 aliphatic heterocycles. The number of hydrogen-bond donors (Lipinski definition) is 1. The van der Waals surface area contributed by atoms with E-state index in [1.165, 1.54) is 11.8 Å². The highest BCUT2D eigenvalue weighted by Gasteiger charge is 2.36. The van der Waals surface area contributed by atoms with Crippen molar-refractivity contribution in [3.05, 3.63) is 67.2 Å². The van der Waals surface area contributed by atoms with Gasteiger partial charge in [-0.15, -0.1) is 5.10 Å². The van der Waals surface area contributed by atoms with Crippen molar-refractivity contribution in [3.8, 4) is 11.5 Å². The molecular weight excluding hydrogens is 639 g/mol. The number of fused-ring (bicyclic) bond motifs is 1. The van der Waals surface area contributed by atoms with E-state index in [4.69, 9.17) is 42.5 Å². The Hall–Kier alpha value is -2.40. The van der Waals surface area contributed by atoms with E-state index in [0.29, 0.717) is 61.6 Å². The smallest absolute Gasteiger partial charge is 0.338 e. The standard InChI is InChI=1S/C28H31BrCl2N4O4S/c1-5-8-11-38-26(36)23-16(4)32-27-33-28(40-7-3)34-35(27)24(23)18-12-20(29)25(22(13-18)37-6-2)39-15-17-9-10-19(30)14-21(17)31/h9-10,12-14,24H,5-8,11,15H2,1-4H3,(H,32,33,34). The van der Waals surface area contributed by atoms with Crippen molar-refractivity contribution in [1.29, 1.82) is 0 Å². The first-order chi connectivity index (χ1) is 19.3. The normalized spacial score (nSPS) is 14.5. The Labute approximate surface area is 256 Å². The molecule has 2 heterocycles. The fourth-order valence-corrected chi connectivity index (χ4v) is 5.81. The molecule has 0 saturated carbocycles. The number of thioether (sulfide) groups is 1. The lowest BCUT2D eigenvalue weighted by atomic mass is 9.95. The van der Waals surface area contributed by atoms with Gasteiger partial charge < -0.3 is 19.5 Å². The van der Waals surface area contributed by atoms with Crippen LogP contribution in [0.4, 0.5) is 5.95 Å². The van der Waals surface area contributed by atoms with Gasteiger partial charge in [-0.2, -0.15) is 4.98 Å². The summed E-state index contributed by atoms with van der Waals surface area (Å²) in [5, 5.41) is 9.66. The molecule has 214 valence electrons. The molecule has 2 aromatic carbocycles. The first-order valence-corrected chi connectivity index (χ1v) is 15.6. The number of aromatic nitrogens is 3. The Bertz CT molecular complexity index is 1420. The number of nitrogens with zero attached hydrogens (tertiary/aromatic N) is 3. The molecule has 12 heteroatoms. The van der Waals surface area contributed by atoms with Crippen molar-refractivity contribution in [2.75, 3.05) is 24.3 Å². The summed E-state index contributed by atoms with van der Waals surface area (Å²) in [5.74, 6) is 1.99. The average molecular weight is 670 g/mol. The van der Waals surface area contributed by atoms with E-state index in [9.17, 15) is 4.79 Å². The van der Waals surface area contributed by atoms with E-state index in [1.54, 1.807) is 16.8 Å². The van der Waals surface area contributed by atoms with Crippen LogP contribution >= 0.6 is 50.9 Å². The van der Waals surface area contributed by atoms with Gasteiger partial charge in [0.1, 0.15) is 12.6 Å². The largest absolute Gasteiger partial charge is 0.490 e. The second-order valence-corrected chi connectivity index (χ2v) is 11.9. The number of allylic oxidation sites excluding steroid dienone is 1. The summed E-state index contributed by atoms with van der Waals surface area (Å²) in [6, 6.07) is 8.44. The van der Waals surface area contributed by atoms with Gasteiger partial charge in [0.05, 0.1) is 23.3 Å². The van der Waals surface area contributed by atoms with Gasteiger partial charge in [-0.25, -0.2) is 9.48 Å². The monoisotopic (exact) mass is 668 g/mol. The number of benzene rings is 2. The minimum Gasteiger partial charge on any atom is -0.490 e. The van der Waals surface area contributed by atoms with Crippen LogP contribution in [0.1, 0.15) is 57.7 Å². The lowest BCUT2D eigenvalue weighted by Gasteiger charge is -2.29. The first-order valence-electron chi connectivity index (χ1n) is 13.0. The highest BCUT2D eigenvalue weighted by atomic mass is 79.9. The van der Waals surface area contributed by atoms with E-state index in [-0.39, 0.29) is 6.61 Å². The summed E-state index contributed by atoms with van der Waals surface area (Å²) in [7, 11) is 0. The van der Waals surface area contributed by atoms with Crippen LogP contribution in [0.2, 0.25) is 10.0 Å². The fourth-order valence-electron chi connectivity index (χ4n) is 4.22. The van der Waals surface area contributed by atoms with Crippen molar-refractivity contribution < 1.29 is 19.0 Å². The van der Waals surface area contributed by atoms with Crippen LogP contribution in [0.5, 0.6) is 11.5 Å². The number of ether oxygens (including phenoxy) is 3. The van der Waals surface area contributed by atoms with Crippen molar-refractivity contribution in [3.63, 3.8) is 0 Å². The number of nitrogens with one attached hydrogen (secondary N) is 1. The number of hydrogen-bond acceptors (Lipinski definition) is 8. The Morgan fingerprint density at radius 3 is 2.67 bits per heavy atom. The van der Waals surface area contributed by atoms with Crippen LogP contribution in [0.3, 0.4) is 0 Å². The lowest BCUT2D eigenvalue weighted by molar-refractivity contribution is -0.139. The van der Waals surface area contributed by atoms with Gasteiger partial charge in [-0.05, 0) is 71.8 Å². The van der Waals surface area contributed by atoms with Gasteiger partial charge in [0, 0.05) is 21.3 Å². The third kappa shape index (κ3) is 6.90. The molecular formula is C28H31BrCl2N4O4S. The summed E-state index contributed by atoms with van der Waals surface area (Å²) in [6.45, 7) is 8.79. The van der Waals surface area contributed by atoms with Gasteiger partial charge >= 0.3 is 5.97 Å². The van der Waals surface area contributed by atoms with E-state index in [2.05, 4.69) is 33.2 Å². The molecule has 1 N–H and O–H groups in total. The first kappa shape index (κ1) is 30.6. The van der Waals surface area contributed by atoms with E-state index in [0.717, 1.165) is 29.7 Å². The quantitative estimate of drug-likeness (QED) is 0.118. The van der Waals surface area contributed by atoms with Crippen molar-refractivity contribution in [1.82, 2.24) is 14.8 Å². The maximum atomic E-state index is 13.4. The summed E-state index contributed by atoms with van der Waals surface area (Å²) in [5.41, 5.74) is 2.66. The Balaban J connectivity index is 1.76. The number of unbranched alkanes of at least 4 members (excludes halogenated alkanes) is 1. The molecule has 40 heavy (non-hydrogen) atoms. The zero-order valence-corrected chi connectivity index (χ0v) is 26.6. The predicted molar refractivity (Wildman–Crippen MR) is 163 cm³/mol. The zero-order chi connectivity index (χ0) is 28.8. The molecule has 3 aromatic rings. The van der Waals surface area contributed by atoms with Gasteiger partial charge in [0.15, 0.2) is 11.5 Å². The molecule has 1 aromatic heterocycles. The van der Waals surface area contributed by atoms with Crippen LogP contribution in [0.15, 0.2) is 51.2 Å². The molecule has 4 rings (SSSR count). The van der Waals surface area contributed by atoms with Crippen molar-refractivity contribution in [2.45, 2.75) is 58.3 Å². The molecule has 1 aliphatic rings. The molecule has 0 amide bonds. The van der Waals surface area contributed by atoms with Crippen LogP contribution in [-0.2, 0) is 16.1 Å². The zero-order valence-electron chi connectivity index (χ0n) is 22.7. The highest BCUT2D eigenvalue weighted by molar-refractivity contribution is 9.10. The third-order valence-corrected chi connectivity index (χ3v) is 7.99. The average Bonchev–Trinajstić information content (AvgIpc) is 3.30. The highest BCUT2D eigenvalue weighted by Crippen LogP contribution is 2.44. The Morgan fingerprint density at radius 1 is 1.18 bits per heavy atom. The minimum atomic E-state index is -0.598. The fraction of sp³-hybridized carbons (Fsp3) is 0.393. The SMILES string of the molecule is CCCCOC(=O)C1=C(C)Nc2nc(SCC)nn2C1c1cc(Br)c(OCc2ccc(Cl)cc2Cl)c(OCC)c1. The minimum absolute atomic E-state index is 0.209. The molecule has 0 aliphatic carbocycles. The number of halogens is 3. The van der Waals surface area contributed by atoms with Crippen LogP contribution in [0.25, 0.3) is 0 Å². The topological polar surface area (TPSA) is 87.5 Å². The second-order valence-electron chi connectivity index (χ2n) is 8.94. The van der Waals surface area contributed by atoms with Crippen molar-refractivity contribution >= 4 is 62.8 Å². The number of carbonyl (C=O) groups excluding carboxylic acids is 1. The van der Waals surface area contributed by atoms with Crippen LogP contribution < -0.4 is 14.8 Å². The Kier molecular flexibility index (Phi) is 10.7. The molecule has 0 fully saturated rings. The van der Waals surface area contributed by atoms with Gasteiger partial charge in [-0.3, -0.25) is 0 Å². The molecule has 1 unspecified atom stereocenters. The van der Waals surface area contributed by atoms with E-state index < -0.39 is 12.0 Å². The molecule has 0 radical (unpaired) electrons. The number of esters is 1. The third-order valence-electron chi connectivity index (χ3n) is 6.09. The molecule has 1 atom stereocenters.